The number of hydrogen-bond acceptors (Lipinski definition) is 2. The van der Waals surface area contributed by atoms with Crippen molar-refractivity contribution in [1.29, 1.82) is 0 Å². The van der Waals surface area contributed by atoms with Crippen molar-refractivity contribution in [3.8, 4) is 11.3 Å². The van der Waals surface area contributed by atoms with Gasteiger partial charge in [0.25, 0.3) is 0 Å². The molecule has 0 aliphatic carbocycles. The zero-order chi connectivity index (χ0) is 11.4. The maximum atomic E-state index is 4.40. The molecule has 0 bridgehead atoms. The van der Waals surface area contributed by atoms with Gasteiger partial charge in [0.05, 0.1) is 5.69 Å². The maximum absolute atomic E-state index is 4.40. The van der Waals surface area contributed by atoms with Gasteiger partial charge in [-0.25, -0.2) is 0 Å². The number of nitrogens with zero attached hydrogens (tertiary/aromatic N) is 1. The molecule has 2 heteroatoms. The van der Waals surface area contributed by atoms with E-state index in [-0.39, 0.29) is 0 Å². The number of thioether (sulfide) groups is 1. The first-order valence-electron chi connectivity index (χ1n) is 5.44. The van der Waals surface area contributed by atoms with Gasteiger partial charge in [-0.2, -0.15) is 0 Å². The number of rotatable bonds is 3. The van der Waals surface area contributed by atoms with Gasteiger partial charge in [0, 0.05) is 21.9 Å². The van der Waals surface area contributed by atoms with E-state index in [2.05, 4.69) is 43.1 Å². The van der Waals surface area contributed by atoms with Crippen LogP contribution >= 0.6 is 11.8 Å². The smallest absolute Gasteiger partial charge is 0.0713 e. The van der Waals surface area contributed by atoms with Gasteiger partial charge in [0.1, 0.15) is 0 Å². The summed E-state index contributed by atoms with van der Waals surface area (Å²) in [7, 11) is 0. The molecule has 1 heterocycles. The minimum Gasteiger partial charge on any atom is -0.256 e. The fraction of sp³-hybridized carbons (Fsp3) is 0.214. The summed E-state index contributed by atoms with van der Waals surface area (Å²) in [5, 5.41) is 0.603. The Balaban J connectivity index is 2.29. The second kappa shape index (κ2) is 5.17. The second-order valence-electron chi connectivity index (χ2n) is 3.91. The van der Waals surface area contributed by atoms with E-state index < -0.39 is 0 Å². The fourth-order valence-electron chi connectivity index (χ4n) is 1.52. The van der Waals surface area contributed by atoms with Crippen molar-refractivity contribution in [3.63, 3.8) is 0 Å². The molecule has 2 rings (SSSR count). The monoisotopic (exact) mass is 229 g/mol. The van der Waals surface area contributed by atoms with Crippen LogP contribution in [0.15, 0.2) is 53.6 Å². The minimum atomic E-state index is 0.603. The number of hydrogen-bond donors (Lipinski definition) is 0. The lowest BCUT2D eigenvalue weighted by molar-refractivity contribution is 1.11. The van der Waals surface area contributed by atoms with E-state index in [9.17, 15) is 0 Å². The molecule has 2 aromatic rings. The van der Waals surface area contributed by atoms with E-state index in [1.165, 1.54) is 10.5 Å². The summed E-state index contributed by atoms with van der Waals surface area (Å²) in [6.07, 6.45) is 1.88. The third-order valence-corrected chi connectivity index (χ3v) is 3.17. The van der Waals surface area contributed by atoms with Gasteiger partial charge in [-0.05, 0) is 12.1 Å². The summed E-state index contributed by atoms with van der Waals surface area (Å²) in [6.45, 7) is 4.40. The van der Waals surface area contributed by atoms with E-state index in [1.807, 2.05) is 36.2 Å². The van der Waals surface area contributed by atoms with Crippen molar-refractivity contribution < 1.29 is 0 Å². The molecular weight excluding hydrogens is 214 g/mol. The number of aromatic nitrogens is 1. The van der Waals surface area contributed by atoms with E-state index in [1.54, 1.807) is 0 Å². The highest BCUT2D eigenvalue weighted by Gasteiger charge is 2.02. The molecule has 1 aromatic carbocycles. The van der Waals surface area contributed by atoms with Crippen LogP contribution in [0.2, 0.25) is 0 Å². The standard InChI is InChI=1S/C14H15NS/c1-11(2)16-13-8-9-15-14(10-13)12-6-4-3-5-7-12/h3-11H,1-2H3. The zero-order valence-electron chi connectivity index (χ0n) is 9.55. The van der Waals surface area contributed by atoms with Crippen LogP contribution in [0.1, 0.15) is 13.8 Å². The number of benzene rings is 1. The molecule has 0 fully saturated rings. The first kappa shape index (κ1) is 11.2. The normalized spacial score (nSPS) is 10.7. The van der Waals surface area contributed by atoms with E-state index >= 15 is 0 Å². The van der Waals surface area contributed by atoms with Crippen molar-refractivity contribution in [1.82, 2.24) is 4.98 Å². The lowest BCUT2D eigenvalue weighted by atomic mass is 10.1. The van der Waals surface area contributed by atoms with Crippen LogP contribution in [0.3, 0.4) is 0 Å². The quantitative estimate of drug-likeness (QED) is 0.730. The van der Waals surface area contributed by atoms with Crippen molar-refractivity contribution >= 4 is 11.8 Å². The summed E-state index contributed by atoms with van der Waals surface area (Å²) in [4.78, 5) is 5.68. The Labute approximate surface area is 101 Å². The predicted molar refractivity (Wildman–Crippen MR) is 70.7 cm³/mol. The van der Waals surface area contributed by atoms with Crippen molar-refractivity contribution in [3.05, 3.63) is 48.7 Å². The molecule has 0 atom stereocenters. The Kier molecular flexibility index (Phi) is 3.62. The SMILES string of the molecule is CC(C)Sc1ccnc(-c2ccccc2)c1. The summed E-state index contributed by atoms with van der Waals surface area (Å²) in [6, 6.07) is 14.5. The lowest BCUT2D eigenvalue weighted by Gasteiger charge is -2.06. The molecule has 0 saturated heterocycles. The zero-order valence-corrected chi connectivity index (χ0v) is 10.4. The maximum Gasteiger partial charge on any atom is 0.0713 e. The van der Waals surface area contributed by atoms with Crippen molar-refractivity contribution in [2.45, 2.75) is 24.0 Å². The molecule has 1 aromatic heterocycles. The van der Waals surface area contributed by atoms with Gasteiger partial charge >= 0.3 is 0 Å². The van der Waals surface area contributed by atoms with Crippen LogP contribution in [-0.2, 0) is 0 Å². The van der Waals surface area contributed by atoms with Crippen LogP contribution in [-0.4, -0.2) is 10.2 Å². The van der Waals surface area contributed by atoms with Gasteiger partial charge < -0.3 is 0 Å². The Morgan fingerprint density at radius 2 is 1.81 bits per heavy atom. The van der Waals surface area contributed by atoms with Crippen LogP contribution in [0, 0.1) is 0 Å². The molecule has 0 amide bonds. The molecule has 16 heavy (non-hydrogen) atoms. The molecule has 0 unspecified atom stereocenters. The third kappa shape index (κ3) is 2.86. The van der Waals surface area contributed by atoms with Gasteiger partial charge in [0.15, 0.2) is 0 Å². The summed E-state index contributed by atoms with van der Waals surface area (Å²) < 4.78 is 0. The minimum absolute atomic E-state index is 0.603. The molecule has 0 aliphatic heterocycles. The number of pyridine rings is 1. The van der Waals surface area contributed by atoms with Crippen LogP contribution in [0.25, 0.3) is 11.3 Å². The van der Waals surface area contributed by atoms with Crippen molar-refractivity contribution in [2.24, 2.45) is 0 Å². The highest BCUT2D eigenvalue weighted by atomic mass is 32.2. The third-order valence-electron chi connectivity index (χ3n) is 2.17. The Morgan fingerprint density at radius 1 is 1.06 bits per heavy atom. The molecule has 82 valence electrons. The highest BCUT2D eigenvalue weighted by Crippen LogP contribution is 2.26. The van der Waals surface area contributed by atoms with Gasteiger partial charge in [-0.3, -0.25) is 4.98 Å². The average molecular weight is 229 g/mol. The van der Waals surface area contributed by atoms with E-state index in [0.717, 1.165) is 5.69 Å². The predicted octanol–water partition coefficient (Wildman–Crippen LogP) is 4.25. The van der Waals surface area contributed by atoms with Crippen LogP contribution in [0.4, 0.5) is 0 Å². The van der Waals surface area contributed by atoms with E-state index in [0.29, 0.717) is 5.25 Å². The molecule has 0 N–H and O–H groups in total. The summed E-state index contributed by atoms with van der Waals surface area (Å²) in [5.41, 5.74) is 2.22. The largest absolute Gasteiger partial charge is 0.256 e. The van der Waals surface area contributed by atoms with E-state index in [4.69, 9.17) is 0 Å². The molecule has 0 spiro atoms. The fourth-order valence-corrected chi connectivity index (χ4v) is 2.39. The Hall–Kier alpha value is -1.28. The Morgan fingerprint density at radius 3 is 2.50 bits per heavy atom. The topological polar surface area (TPSA) is 12.9 Å². The van der Waals surface area contributed by atoms with Gasteiger partial charge in [-0.1, -0.05) is 44.2 Å². The Bertz CT molecular complexity index is 451. The first-order valence-corrected chi connectivity index (χ1v) is 6.32. The second-order valence-corrected chi connectivity index (χ2v) is 5.56. The molecule has 0 aliphatic rings. The molecule has 1 nitrogen and oxygen atoms in total. The molecule has 0 saturated carbocycles. The van der Waals surface area contributed by atoms with Crippen LogP contribution in [0.5, 0.6) is 0 Å². The highest BCUT2D eigenvalue weighted by molar-refractivity contribution is 7.99. The van der Waals surface area contributed by atoms with Crippen LogP contribution < -0.4 is 0 Å². The molecular formula is C14H15NS. The summed E-state index contributed by atoms with van der Waals surface area (Å²) in [5.74, 6) is 0. The average Bonchev–Trinajstić information content (AvgIpc) is 2.30. The lowest BCUT2D eigenvalue weighted by Crippen LogP contribution is -1.88. The van der Waals surface area contributed by atoms with Gasteiger partial charge in [-0.15, -0.1) is 11.8 Å². The van der Waals surface area contributed by atoms with Gasteiger partial charge in [0.2, 0.25) is 0 Å². The summed E-state index contributed by atoms with van der Waals surface area (Å²) >= 11 is 1.87. The molecule has 0 radical (unpaired) electrons. The van der Waals surface area contributed by atoms with Crippen molar-refractivity contribution in [2.75, 3.05) is 0 Å². The first-order chi connectivity index (χ1) is 7.75.